The number of allylic oxidation sites excluding steroid dienone is 2. The Morgan fingerprint density at radius 1 is 0.413 bits per heavy atom. The summed E-state index contributed by atoms with van der Waals surface area (Å²) >= 11 is 18.9. The Hall–Kier alpha value is -13.8. The highest BCUT2D eigenvalue weighted by molar-refractivity contribution is 6.31. The van der Waals surface area contributed by atoms with Crippen LogP contribution in [0.3, 0.4) is 0 Å². The summed E-state index contributed by atoms with van der Waals surface area (Å²) < 4.78 is 4.62. The van der Waals surface area contributed by atoms with E-state index in [1.54, 1.807) is 87.1 Å². The second-order valence-electron chi connectivity index (χ2n) is 32.7. The Balaban J connectivity index is 0.000000128. The summed E-state index contributed by atoms with van der Waals surface area (Å²) in [6.07, 6.45) is 29.8. The lowest BCUT2D eigenvalue weighted by atomic mass is 9.79. The molecule has 0 saturated carbocycles. The van der Waals surface area contributed by atoms with Crippen LogP contribution in [0.4, 0.5) is 0 Å². The van der Waals surface area contributed by atoms with Gasteiger partial charge in [0.05, 0.1) is 42.5 Å². The number of carbonyl (C=O) groups excluding carboxylic acids is 6. The van der Waals surface area contributed by atoms with Crippen LogP contribution in [-0.4, -0.2) is 166 Å². The quantitative estimate of drug-likeness (QED) is 0.0712. The number of tetrazole rings is 3. The van der Waals surface area contributed by atoms with Crippen molar-refractivity contribution in [3.05, 3.63) is 348 Å². The summed E-state index contributed by atoms with van der Waals surface area (Å²) in [6.45, 7) is 2.47. The first-order chi connectivity index (χ1) is 61.6. The van der Waals surface area contributed by atoms with Gasteiger partial charge in [0.25, 0.3) is 0 Å². The van der Waals surface area contributed by atoms with Crippen molar-refractivity contribution in [2.75, 3.05) is 19.6 Å². The molecule has 2 N–H and O–H groups in total. The van der Waals surface area contributed by atoms with Crippen LogP contribution in [0.1, 0.15) is 153 Å². The summed E-state index contributed by atoms with van der Waals surface area (Å²) in [4.78, 5) is 96.9. The van der Waals surface area contributed by atoms with Crippen LogP contribution >= 0.6 is 34.8 Å². The molecular formula is C99H87Cl3N18O6+2. The van der Waals surface area contributed by atoms with E-state index in [2.05, 4.69) is 165 Å². The number of nitrogens with one attached hydrogen (secondary N) is 2. The molecular weight excluding hydrogens is 1640 g/mol. The Morgan fingerprint density at radius 3 is 1.25 bits per heavy atom. The molecule has 3 fully saturated rings. The Morgan fingerprint density at radius 2 is 0.817 bits per heavy atom. The van der Waals surface area contributed by atoms with Crippen LogP contribution in [0.5, 0.6) is 0 Å². The minimum atomic E-state index is -0.573. The number of hydrogen-bond donors (Lipinski definition) is 2. The average Bonchev–Trinajstić information content (AvgIpc) is 1.53. The number of amides is 3. The molecule has 6 aliphatic heterocycles. The topological polar surface area (TPSA) is 283 Å². The molecule has 3 aromatic heterocycles. The van der Waals surface area contributed by atoms with Crippen molar-refractivity contribution in [1.82, 2.24) is 75.3 Å². The van der Waals surface area contributed by atoms with E-state index in [9.17, 15) is 28.8 Å². The molecule has 2 aliphatic carbocycles. The second-order valence-corrected chi connectivity index (χ2v) is 34.0. The SMILES string of the molecule is O=C(Cc1ccc2c(c1)CN=C2)C1C(c2ccccc2)CCCN1C(=O)/C=C/c1cc(Cl)ccc1-n1cnnn1.O=C1Cc2ccc(C3=C[NH+]=C([C@@H]4[C@H](c5ccccc5)CCCN4C(=O)/C=C/c4cc(Cl)ccc4-n4cnnn4)C3)cc2C1.O=C1Cc2ccc(C3=C[NH+]=C([C@H]4[C@@H](c5ccccc5)CCCN4C(=O)/C=C/c4cc(Cl)ccc4-n4cnnn4)C3)cc2C1. The van der Waals surface area contributed by atoms with Crippen molar-refractivity contribution >= 4 is 117 Å². The number of piperidine rings is 3. The largest absolute Gasteiger partial charge is 0.328 e. The second kappa shape index (κ2) is 37.7. The van der Waals surface area contributed by atoms with Gasteiger partial charge in [-0.3, -0.25) is 33.8 Å². The summed E-state index contributed by atoms with van der Waals surface area (Å²) in [7, 11) is 0. The van der Waals surface area contributed by atoms with Crippen molar-refractivity contribution in [2.45, 2.75) is 126 Å². The number of halogens is 3. The van der Waals surface area contributed by atoms with E-state index in [1.807, 2.05) is 82.7 Å². The van der Waals surface area contributed by atoms with Crippen LogP contribution in [-0.2, 0) is 67.4 Å². The Labute approximate surface area is 742 Å². The van der Waals surface area contributed by atoms with Gasteiger partial charge in [-0.15, -0.1) is 15.3 Å². The fourth-order valence-corrected chi connectivity index (χ4v) is 19.5. The van der Waals surface area contributed by atoms with Crippen molar-refractivity contribution in [3.63, 3.8) is 0 Å². The third-order valence-electron chi connectivity index (χ3n) is 24.8. The summed E-state index contributed by atoms with van der Waals surface area (Å²) in [5.41, 5.74) is 22.3. The van der Waals surface area contributed by atoms with Crippen LogP contribution < -0.4 is 9.98 Å². The maximum atomic E-state index is 14.0. The summed E-state index contributed by atoms with van der Waals surface area (Å²) in [6, 6.07) is 65.0. The molecule has 9 heterocycles. The third-order valence-corrected chi connectivity index (χ3v) is 25.6. The molecule has 6 atom stereocenters. The van der Waals surface area contributed by atoms with Crippen LogP contribution in [0.25, 0.3) is 46.4 Å². The molecule has 628 valence electrons. The molecule has 3 amide bonds. The smallest absolute Gasteiger partial charge is 0.247 e. The first-order valence-electron chi connectivity index (χ1n) is 42.4. The lowest BCUT2D eigenvalue weighted by Gasteiger charge is -2.40. The molecule has 0 radical (unpaired) electrons. The van der Waals surface area contributed by atoms with Gasteiger partial charge in [-0.05, 0) is 209 Å². The number of rotatable bonds is 19. The van der Waals surface area contributed by atoms with E-state index in [4.69, 9.17) is 34.8 Å². The van der Waals surface area contributed by atoms with Gasteiger partial charge in [0.1, 0.15) is 42.6 Å². The van der Waals surface area contributed by atoms with Gasteiger partial charge >= 0.3 is 0 Å². The zero-order valence-corrected chi connectivity index (χ0v) is 71.0. The zero-order chi connectivity index (χ0) is 86.2. The van der Waals surface area contributed by atoms with Crippen molar-refractivity contribution in [3.8, 4) is 17.1 Å². The lowest BCUT2D eigenvalue weighted by Crippen LogP contribution is -2.70. The summed E-state index contributed by atoms with van der Waals surface area (Å²) in [5.74, 6) is 0.466. The van der Waals surface area contributed by atoms with Crippen molar-refractivity contribution in [1.29, 1.82) is 0 Å². The molecule has 0 spiro atoms. The van der Waals surface area contributed by atoms with Gasteiger partial charge < -0.3 is 14.7 Å². The van der Waals surface area contributed by atoms with E-state index in [-0.39, 0.29) is 71.3 Å². The van der Waals surface area contributed by atoms with Gasteiger partial charge in [0.15, 0.2) is 29.6 Å². The van der Waals surface area contributed by atoms with Crippen LogP contribution in [0.2, 0.25) is 15.1 Å². The molecule has 9 aromatic carbocycles. The predicted octanol–water partition coefficient (Wildman–Crippen LogP) is 12.3. The fraction of sp³-hybridized carbons (Fsp3) is 0.232. The van der Waals surface area contributed by atoms with Crippen LogP contribution in [0.15, 0.2) is 255 Å². The van der Waals surface area contributed by atoms with Gasteiger partial charge in [0, 0.05) is 137 Å². The van der Waals surface area contributed by atoms with Gasteiger partial charge in [-0.2, -0.15) is 14.0 Å². The predicted molar refractivity (Wildman–Crippen MR) is 483 cm³/mol. The monoisotopic (exact) mass is 1730 g/mol. The molecule has 3 saturated heterocycles. The number of aromatic nitrogens is 12. The molecule has 0 bridgehead atoms. The molecule has 27 heteroatoms. The molecule has 2 unspecified atom stereocenters. The maximum absolute atomic E-state index is 14.0. The summed E-state index contributed by atoms with van der Waals surface area (Å²) in [5, 5.41) is 36.0. The van der Waals surface area contributed by atoms with Gasteiger partial charge in [-0.25, -0.2) is 9.98 Å². The highest BCUT2D eigenvalue weighted by Gasteiger charge is 2.45. The Kier molecular flexibility index (Phi) is 24.9. The fourth-order valence-electron chi connectivity index (χ4n) is 18.9. The first-order valence-corrected chi connectivity index (χ1v) is 43.5. The number of likely N-dealkylation sites (tertiary alicyclic amines) is 3. The normalized spacial score (nSPS) is 19.4. The minimum Gasteiger partial charge on any atom is -0.328 e. The van der Waals surface area contributed by atoms with E-state index in [1.165, 1.54) is 52.0 Å². The number of hydrogen-bond acceptors (Lipinski definition) is 16. The van der Waals surface area contributed by atoms with Crippen LogP contribution in [0, 0.1) is 0 Å². The highest BCUT2D eigenvalue weighted by Crippen LogP contribution is 2.41. The van der Waals surface area contributed by atoms with Gasteiger partial charge in [0.2, 0.25) is 17.7 Å². The minimum absolute atomic E-state index is 0.0336. The van der Waals surface area contributed by atoms with E-state index in [0.29, 0.717) is 91.0 Å². The number of Topliss-reactive ketones (excluding diaryl/α,β-unsaturated/α-hetero) is 3. The van der Waals surface area contributed by atoms with E-state index >= 15 is 0 Å². The number of benzene rings is 9. The average molecular weight is 1730 g/mol. The number of fused-ring (bicyclic) bond motifs is 3. The number of ketones is 3. The highest BCUT2D eigenvalue weighted by atomic mass is 35.5. The number of carbonyl (C=O) groups is 6. The molecule has 20 rings (SSSR count). The standard InChI is InChI=1S/2C34H29ClN6O2.C31H27ClN6O2/c2*35-28-11-12-32(41-21-37-38-39-41)25(16-28)10-13-33(43)40-14-4-7-30(22-5-2-1-3-6-22)34(40)31-19-27(20-36-31)23-8-9-24-17-29(42)18-26(24)15-23;32-26-11-12-28(38-20-34-35-36-38)23(17-26)10-13-30(40)37-14-4-7-27(22-5-2-1-3-6-22)31(37)29(39)16-21-8-9-24-18-33-19-25(24)15-21/h2*1-3,5-6,8-13,15-16,20-21,30,34H,4,7,14,17-19H2;1-3,5-6,8-13,15,17-18,20,27,31H,4,7,14,16,19H2/p+2/b3*13-10+/t2*30-,34-;/m10./s1. The molecule has 24 nitrogen and oxygen atoms in total. The molecule has 8 aliphatic rings. The molecule has 126 heavy (non-hydrogen) atoms. The Bertz CT molecular complexity index is 6140. The maximum Gasteiger partial charge on any atom is 0.247 e. The third kappa shape index (κ3) is 18.5. The van der Waals surface area contributed by atoms with Crippen molar-refractivity contribution < 1.29 is 38.8 Å². The van der Waals surface area contributed by atoms with Crippen molar-refractivity contribution in [2.24, 2.45) is 4.99 Å². The van der Waals surface area contributed by atoms with Gasteiger partial charge in [-0.1, -0.05) is 180 Å². The zero-order valence-electron chi connectivity index (χ0n) is 68.7. The number of nitrogens with zero attached hydrogens (tertiary/aromatic N) is 16. The first kappa shape index (κ1) is 83.1. The molecule has 12 aromatic rings. The number of aliphatic imine (C=N–C) groups is 1. The van der Waals surface area contributed by atoms with E-state index < -0.39 is 6.04 Å². The lowest BCUT2D eigenvalue weighted by molar-refractivity contribution is -0.372. The van der Waals surface area contributed by atoms with E-state index in [0.717, 1.165) is 128 Å².